The Balaban J connectivity index is 0.00000108. The molecule has 0 radical (unpaired) electrons. The summed E-state index contributed by atoms with van der Waals surface area (Å²) in [5.74, 6) is 0.707. The largest absolute Gasteiger partial charge is 0.373 e. The van der Waals surface area contributed by atoms with E-state index >= 15 is 0 Å². The lowest BCUT2D eigenvalue weighted by Gasteiger charge is -2.17. The molecule has 0 amide bonds. The summed E-state index contributed by atoms with van der Waals surface area (Å²) in [6.45, 7) is 7.16. The maximum Gasteiger partial charge on any atom is 0.373 e. The van der Waals surface area contributed by atoms with Gasteiger partial charge in [0.15, 0.2) is 5.78 Å². The molecule has 0 unspecified atom stereocenters. The molecule has 0 spiro atoms. The Labute approximate surface area is 240 Å². The number of aromatic nitrogens is 2. The van der Waals surface area contributed by atoms with Gasteiger partial charge in [-0.05, 0) is 59.6 Å². The van der Waals surface area contributed by atoms with Crippen molar-refractivity contribution in [1.29, 1.82) is 0 Å². The smallest absolute Gasteiger partial charge is 0.294 e. The summed E-state index contributed by atoms with van der Waals surface area (Å²) < 4.78 is 2.04. The number of Topliss-reactive ketones (excluding diaryl/α,β-unsaturated/α-hetero) is 1. The van der Waals surface area contributed by atoms with Gasteiger partial charge in [-0.3, -0.25) is 9.48 Å². The molecule has 1 aliphatic rings. The third kappa shape index (κ3) is 6.11. The molecule has 5 heteroatoms. The topological polar surface area (TPSA) is 69.0 Å². The van der Waals surface area contributed by atoms with Crippen LogP contribution in [0.25, 0.3) is 22.0 Å². The zero-order chi connectivity index (χ0) is 29.0. The van der Waals surface area contributed by atoms with Crippen molar-refractivity contribution in [2.45, 2.75) is 57.9 Å². The van der Waals surface area contributed by atoms with E-state index in [2.05, 4.69) is 98.8 Å². The van der Waals surface area contributed by atoms with Gasteiger partial charge in [0.05, 0.1) is 17.8 Å². The highest BCUT2D eigenvalue weighted by atomic mass is 16.2. The number of nitrogens with zero attached hydrogens (tertiary/aromatic N) is 2. The van der Waals surface area contributed by atoms with Crippen LogP contribution in [0, 0.1) is 6.92 Å². The Kier molecular flexibility index (Phi) is 8.09. The van der Waals surface area contributed by atoms with E-state index < -0.39 is 0 Å². The van der Waals surface area contributed by atoms with Crippen molar-refractivity contribution in [3.63, 3.8) is 0 Å². The highest BCUT2D eigenvalue weighted by molar-refractivity contribution is 6.00. The molecule has 0 aliphatic heterocycles. The molecule has 1 aromatic heterocycles. The van der Waals surface area contributed by atoms with Crippen molar-refractivity contribution < 1.29 is 14.4 Å². The van der Waals surface area contributed by atoms with E-state index in [1.165, 1.54) is 27.8 Å². The minimum Gasteiger partial charge on any atom is -0.294 e. The second-order valence-electron chi connectivity index (χ2n) is 11.3. The van der Waals surface area contributed by atoms with Crippen molar-refractivity contribution in [2.75, 3.05) is 0 Å². The predicted molar refractivity (Wildman–Crippen MR) is 161 cm³/mol. The summed E-state index contributed by atoms with van der Waals surface area (Å²) in [5.41, 5.74) is 9.06. The summed E-state index contributed by atoms with van der Waals surface area (Å²) >= 11 is 0. The van der Waals surface area contributed by atoms with Gasteiger partial charge in [0, 0.05) is 22.8 Å². The van der Waals surface area contributed by atoms with Crippen LogP contribution in [-0.2, 0) is 21.5 Å². The van der Waals surface area contributed by atoms with Crippen LogP contribution in [-0.4, -0.2) is 21.7 Å². The number of carbonyl (C=O) groups is 1. The average Bonchev–Trinajstić information content (AvgIpc) is 3.71. The van der Waals surface area contributed by atoms with Gasteiger partial charge >= 0.3 is 6.15 Å². The molecule has 5 nitrogen and oxygen atoms in total. The van der Waals surface area contributed by atoms with E-state index in [1.54, 1.807) is 0 Å². The van der Waals surface area contributed by atoms with Gasteiger partial charge in [0.2, 0.25) is 0 Å². The van der Waals surface area contributed by atoms with Crippen LogP contribution in [0.3, 0.4) is 0 Å². The molecule has 1 saturated carbocycles. The number of carbonyl (C=O) groups excluding carboxylic acids is 3. The maximum atomic E-state index is 13.6. The SMILES string of the molecule is Cc1nn(Cc2ccc(-c3ccccc3)cc2)c2cc(C(=O)CC3(c4cccc(C(C)C)c4)CC3)ccc12.O=C=O. The standard InChI is InChI=1S/C35H34N2O.CO2/c1-24(2)29-10-7-11-31(20-29)35(18-19-35)22-34(38)30-16-17-32-25(3)36-37(33(32)21-30)23-26-12-14-28(15-13-26)27-8-5-4-6-9-27;2-1-3/h4-17,20-21,24H,18-19,22-23H2,1-3H3;. The van der Waals surface area contributed by atoms with Crippen molar-refractivity contribution >= 4 is 22.8 Å². The number of benzene rings is 4. The fourth-order valence-corrected chi connectivity index (χ4v) is 5.60. The first kappa shape index (κ1) is 27.9. The number of aryl methyl sites for hydroxylation is 1. The monoisotopic (exact) mass is 542 g/mol. The molecule has 5 aromatic rings. The first-order valence-electron chi connectivity index (χ1n) is 14.1. The van der Waals surface area contributed by atoms with Gasteiger partial charge in [-0.25, -0.2) is 0 Å². The summed E-state index contributed by atoms with van der Waals surface area (Å²) in [7, 11) is 0. The fraction of sp³-hybridized carbons (Fsp3) is 0.250. The van der Waals surface area contributed by atoms with Crippen LogP contribution in [0.2, 0.25) is 0 Å². The molecule has 41 heavy (non-hydrogen) atoms. The molecule has 1 fully saturated rings. The van der Waals surface area contributed by atoms with Crippen LogP contribution in [0.4, 0.5) is 0 Å². The Morgan fingerprint density at radius 2 is 1.56 bits per heavy atom. The van der Waals surface area contributed by atoms with Crippen LogP contribution in [0.5, 0.6) is 0 Å². The van der Waals surface area contributed by atoms with Crippen molar-refractivity contribution in [1.82, 2.24) is 9.78 Å². The lowest BCUT2D eigenvalue weighted by Crippen LogP contribution is -2.14. The van der Waals surface area contributed by atoms with Gasteiger partial charge in [-0.1, -0.05) is 105 Å². The van der Waals surface area contributed by atoms with Crippen LogP contribution < -0.4 is 0 Å². The quantitative estimate of drug-likeness (QED) is 0.187. The zero-order valence-electron chi connectivity index (χ0n) is 23.8. The number of hydrogen-bond acceptors (Lipinski definition) is 4. The van der Waals surface area contributed by atoms with E-state index in [-0.39, 0.29) is 17.3 Å². The summed E-state index contributed by atoms with van der Waals surface area (Å²) in [4.78, 5) is 29.8. The summed E-state index contributed by atoms with van der Waals surface area (Å²) in [6.07, 6.45) is 2.98. The van der Waals surface area contributed by atoms with E-state index in [0.717, 1.165) is 35.0 Å². The first-order chi connectivity index (χ1) is 19.8. The Bertz CT molecular complexity index is 1710. The minimum absolute atomic E-state index is 0.00635. The maximum absolute atomic E-state index is 13.6. The zero-order valence-corrected chi connectivity index (χ0v) is 23.8. The van der Waals surface area contributed by atoms with E-state index in [4.69, 9.17) is 14.7 Å². The molecule has 0 bridgehead atoms. The lowest BCUT2D eigenvalue weighted by atomic mass is 9.86. The molecule has 6 rings (SSSR count). The highest BCUT2D eigenvalue weighted by Crippen LogP contribution is 2.52. The Hall–Kier alpha value is -4.60. The Morgan fingerprint density at radius 1 is 0.878 bits per heavy atom. The predicted octanol–water partition coefficient (Wildman–Crippen LogP) is 7.90. The van der Waals surface area contributed by atoms with Crippen LogP contribution in [0.1, 0.15) is 71.8 Å². The molecule has 1 heterocycles. The second kappa shape index (κ2) is 11.9. The number of ketones is 1. The third-order valence-corrected chi connectivity index (χ3v) is 8.17. The van der Waals surface area contributed by atoms with Gasteiger partial charge in [0.25, 0.3) is 0 Å². The van der Waals surface area contributed by atoms with Crippen molar-refractivity contribution in [3.8, 4) is 11.1 Å². The van der Waals surface area contributed by atoms with Gasteiger partial charge < -0.3 is 0 Å². The molecule has 0 saturated heterocycles. The molecule has 1 aliphatic carbocycles. The first-order valence-corrected chi connectivity index (χ1v) is 14.1. The number of hydrogen-bond donors (Lipinski definition) is 0. The molecule has 0 atom stereocenters. The minimum atomic E-state index is -0.00635. The third-order valence-electron chi connectivity index (χ3n) is 8.17. The van der Waals surface area contributed by atoms with Crippen LogP contribution >= 0.6 is 0 Å². The lowest BCUT2D eigenvalue weighted by molar-refractivity contribution is -0.191. The summed E-state index contributed by atoms with van der Waals surface area (Å²) in [6, 6.07) is 34.1. The van der Waals surface area contributed by atoms with Gasteiger partial charge in [0.1, 0.15) is 0 Å². The van der Waals surface area contributed by atoms with Gasteiger partial charge in [-0.2, -0.15) is 14.7 Å². The number of fused-ring (bicyclic) bond motifs is 1. The van der Waals surface area contributed by atoms with E-state index in [9.17, 15) is 4.79 Å². The number of rotatable bonds is 8. The second-order valence-corrected chi connectivity index (χ2v) is 11.3. The molecule has 4 aromatic carbocycles. The van der Waals surface area contributed by atoms with Crippen molar-refractivity contribution in [2.24, 2.45) is 0 Å². The van der Waals surface area contributed by atoms with Crippen LogP contribution in [0.15, 0.2) is 97.1 Å². The molecule has 0 N–H and O–H groups in total. The highest BCUT2D eigenvalue weighted by Gasteiger charge is 2.45. The summed E-state index contributed by atoms with van der Waals surface area (Å²) in [5, 5.41) is 5.94. The average molecular weight is 543 g/mol. The molecule has 206 valence electrons. The Morgan fingerprint density at radius 3 is 2.22 bits per heavy atom. The normalized spacial score (nSPS) is 13.4. The van der Waals surface area contributed by atoms with Crippen molar-refractivity contribution in [3.05, 3.63) is 125 Å². The van der Waals surface area contributed by atoms with Gasteiger partial charge in [-0.15, -0.1) is 0 Å². The molecular formula is C36H34N2O3. The van der Waals surface area contributed by atoms with E-state index in [0.29, 0.717) is 18.9 Å². The molecular weight excluding hydrogens is 508 g/mol. The fourth-order valence-electron chi connectivity index (χ4n) is 5.60. The van der Waals surface area contributed by atoms with E-state index in [1.807, 2.05) is 23.7 Å².